The molecule has 2 aromatic carbocycles. The zero-order chi connectivity index (χ0) is 16.9. The van der Waals surface area contributed by atoms with E-state index in [0.717, 1.165) is 18.7 Å². The summed E-state index contributed by atoms with van der Waals surface area (Å²) in [4.78, 5) is 15.1. The Morgan fingerprint density at radius 2 is 1.75 bits per heavy atom. The van der Waals surface area contributed by atoms with Crippen molar-refractivity contribution in [3.63, 3.8) is 0 Å². The molecule has 3 rings (SSSR count). The number of thioether (sulfide) groups is 1. The molecule has 0 spiro atoms. The van der Waals surface area contributed by atoms with Crippen molar-refractivity contribution in [1.82, 2.24) is 4.90 Å². The van der Waals surface area contributed by atoms with E-state index in [0.29, 0.717) is 18.4 Å². The molecule has 24 heavy (non-hydrogen) atoms. The first kappa shape index (κ1) is 17.1. The number of likely N-dealkylation sites (tertiary alicyclic amines) is 1. The first-order valence-corrected chi connectivity index (χ1v) is 9.65. The molecule has 0 aromatic heterocycles. The van der Waals surface area contributed by atoms with Gasteiger partial charge in [0.2, 0.25) is 5.91 Å². The van der Waals surface area contributed by atoms with Crippen molar-refractivity contribution in [3.05, 3.63) is 71.8 Å². The summed E-state index contributed by atoms with van der Waals surface area (Å²) in [6.07, 6.45) is 2.00. The second-order valence-electron chi connectivity index (χ2n) is 6.28. The predicted octanol–water partition coefficient (Wildman–Crippen LogP) is 3.29. The number of rotatable bonds is 5. The third kappa shape index (κ3) is 3.50. The highest BCUT2D eigenvalue weighted by Gasteiger charge is 2.37. The van der Waals surface area contributed by atoms with E-state index in [9.17, 15) is 4.79 Å². The third-order valence-electron chi connectivity index (χ3n) is 4.85. The van der Waals surface area contributed by atoms with Crippen LogP contribution in [0, 0.1) is 5.92 Å². The Morgan fingerprint density at radius 1 is 1.12 bits per heavy atom. The fraction of sp³-hybridized carbons (Fsp3) is 0.350. The molecule has 1 heterocycles. The van der Waals surface area contributed by atoms with Crippen molar-refractivity contribution < 1.29 is 4.79 Å². The first-order valence-electron chi connectivity index (χ1n) is 8.36. The van der Waals surface area contributed by atoms with Crippen LogP contribution in [-0.4, -0.2) is 36.7 Å². The van der Waals surface area contributed by atoms with Crippen LogP contribution in [0.15, 0.2) is 60.7 Å². The summed E-state index contributed by atoms with van der Waals surface area (Å²) in [5, 5.41) is -0.140. The van der Waals surface area contributed by atoms with E-state index in [1.807, 2.05) is 47.6 Å². The summed E-state index contributed by atoms with van der Waals surface area (Å²) < 4.78 is 0. The van der Waals surface area contributed by atoms with Gasteiger partial charge in [-0.25, -0.2) is 0 Å². The molecule has 126 valence electrons. The second-order valence-corrected chi connectivity index (χ2v) is 7.23. The summed E-state index contributed by atoms with van der Waals surface area (Å²) in [7, 11) is 0. The van der Waals surface area contributed by atoms with Gasteiger partial charge in [0.25, 0.3) is 0 Å². The van der Waals surface area contributed by atoms with Crippen LogP contribution < -0.4 is 5.73 Å². The SMILES string of the molecule is CSC(C(=O)N1C[C@@H](CN)[C@H](c2ccccc2)C1)c1ccccc1. The Hall–Kier alpha value is -1.78. The third-order valence-corrected chi connectivity index (χ3v) is 5.79. The standard InChI is InChI=1S/C20H24N2OS/c1-24-19(16-10-6-3-7-11-16)20(23)22-13-17(12-21)18(14-22)15-8-4-2-5-9-15/h2-11,17-19H,12-14,21H2,1H3/t17-,18+,19?/m1/s1. The fourth-order valence-corrected chi connectivity index (χ4v) is 4.32. The lowest BCUT2D eigenvalue weighted by Crippen LogP contribution is -2.33. The first-order chi connectivity index (χ1) is 11.7. The van der Waals surface area contributed by atoms with Crippen LogP contribution in [0.2, 0.25) is 0 Å². The minimum atomic E-state index is -0.140. The van der Waals surface area contributed by atoms with Crippen molar-refractivity contribution in [2.24, 2.45) is 11.7 Å². The molecule has 0 radical (unpaired) electrons. The average Bonchev–Trinajstić information content (AvgIpc) is 3.08. The van der Waals surface area contributed by atoms with Crippen LogP contribution in [0.1, 0.15) is 22.3 Å². The van der Waals surface area contributed by atoms with Crippen molar-refractivity contribution in [2.75, 3.05) is 25.9 Å². The number of hydrogen-bond acceptors (Lipinski definition) is 3. The highest BCUT2D eigenvalue weighted by Crippen LogP contribution is 2.36. The number of benzene rings is 2. The van der Waals surface area contributed by atoms with Crippen LogP contribution in [-0.2, 0) is 4.79 Å². The van der Waals surface area contributed by atoms with Crippen molar-refractivity contribution in [3.8, 4) is 0 Å². The minimum Gasteiger partial charge on any atom is -0.340 e. The van der Waals surface area contributed by atoms with Gasteiger partial charge in [-0.05, 0) is 29.8 Å². The zero-order valence-electron chi connectivity index (χ0n) is 14.0. The van der Waals surface area contributed by atoms with Gasteiger partial charge >= 0.3 is 0 Å². The van der Waals surface area contributed by atoms with Gasteiger partial charge in [-0.15, -0.1) is 11.8 Å². The van der Waals surface area contributed by atoms with Gasteiger partial charge in [0.05, 0.1) is 0 Å². The molecule has 3 atom stereocenters. The Morgan fingerprint density at radius 3 is 2.33 bits per heavy atom. The van der Waals surface area contributed by atoms with Crippen LogP contribution in [0.5, 0.6) is 0 Å². The van der Waals surface area contributed by atoms with Crippen molar-refractivity contribution in [1.29, 1.82) is 0 Å². The molecule has 3 nitrogen and oxygen atoms in total. The molecule has 2 aromatic rings. The Labute approximate surface area is 148 Å². The summed E-state index contributed by atoms with van der Waals surface area (Å²) in [6.45, 7) is 2.12. The molecule has 0 bridgehead atoms. The van der Waals surface area contributed by atoms with E-state index in [1.165, 1.54) is 5.56 Å². The largest absolute Gasteiger partial charge is 0.340 e. The Bertz CT molecular complexity index is 662. The molecule has 1 unspecified atom stereocenters. The van der Waals surface area contributed by atoms with Gasteiger partial charge in [0.1, 0.15) is 5.25 Å². The van der Waals surface area contributed by atoms with E-state index in [2.05, 4.69) is 24.3 Å². The van der Waals surface area contributed by atoms with Crippen molar-refractivity contribution >= 4 is 17.7 Å². The number of nitrogens with two attached hydrogens (primary N) is 1. The molecule has 1 aliphatic heterocycles. The van der Waals surface area contributed by atoms with Gasteiger partial charge in [-0.2, -0.15) is 0 Å². The fourth-order valence-electron chi connectivity index (χ4n) is 3.54. The topological polar surface area (TPSA) is 46.3 Å². The lowest BCUT2D eigenvalue weighted by molar-refractivity contribution is -0.129. The molecular formula is C20H24N2OS. The monoisotopic (exact) mass is 340 g/mol. The van der Waals surface area contributed by atoms with Gasteiger partial charge < -0.3 is 10.6 Å². The molecular weight excluding hydrogens is 316 g/mol. The number of nitrogens with zero attached hydrogens (tertiary/aromatic N) is 1. The maximum Gasteiger partial charge on any atom is 0.240 e. The second kappa shape index (κ2) is 7.86. The maximum absolute atomic E-state index is 13.1. The molecule has 1 aliphatic rings. The van der Waals surface area contributed by atoms with Crippen LogP contribution >= 0.6 is 11.8 Å². The van der Waals surface area contributed by atoms with Crippen LogP contribution in [0.25, 0.3) is 0 Å². The van der Waals surface area contributed by atoms with E-state index < -0.39 is 0 Å². The number of carbonyl (C=O) groups is 1. The van der Waals surface area contributed by atoms with Crippen LogP contribution in [0.3, 0.4) is 0 Å². The Kier molecular flexibility index (Phi) is 5.59. The molecule has 1 fully saturated rings. The summed E-state index contributed by atoms with van der Waals surface area (Å²) in [5.41, 5.74) is 8.35. The lowest BCUT2D eigenvalue weighted by atomic mass is 9.89. The number of amides is 1. The van der Waals surface area contributed by atoms with Gasteiger partial charge in [0, 0.05) is 19.0 Å². The molecule has 2 N–H and O–H groups in total. The number of carbonyl (C=O) groups excluding carboxylic acids is 1. The maximum atomic E-state index is 13.1. The molecule has 0 saturated carbocycles. The summed E-state index contributed by atoms with van der Waals surface area (Å²) >= 11 is 1.60. The van der Waals surface area contributed by atoms with Crippen LogP contribution in [0.4, 0.5) is 0 Å². The van der Waals surface area contributed by atoms with Crippen molar-refractivity contribution in [2.45, 2.75) is 11.2 Å². The normalized spacial score (nSPS) is 21.7. The van der Waals surface area contributed by atoms with Gasteiger partial charge in [0.15, 0.2) is 0 Å². The minimum absolute atomic E-state index is 0.140. The molecule has 1 amide bonds. The van der Waals surface area contributed by atoms with E-state index >= 15 is 0 Å². The van der Waals surface area contributed by atoms with E-state index in [1.54, 1.807) is 11.8 Å². The Balaban J connectivity index is 1.78. The quantitative estimate of drug-likeness (QED) is 0.908. The van der Waals surface area contributed by atoms with Gasteiger partial charge in [-0.1, -0.05) is 60.7 Å². The summed E-state index contributed by atoms with van der Waals surface area (Å²) in [6, 6.07) is 20.5. The lowest BCUT2D eigenvalue weighted by Gasteiger charge is -2.23. The highest BCUT2D eigenvalue weighted by molar-refractivity contribution is 7.99. The smallest absolute Gasteiger partial charge is 0.240 e. The molecule has 1 saturated heterocycles. The van der Waals surface area contributed by atoms with E-state index in [-0.39, 0.29) is 11.2 Å². The highest BCUT2D eigenvalue weighted by atomic mass is 32.2. The molecule has 4 heteroatoms. The van der Waals surface area contributed by atoms with Gasteiger partial charge in [-0.3, -0.25) is 4.79 Å². The number of hydrogen-bond donors (Lipinski definition) is 1. The van der Waals surface area contributed by atoms with E-state index in [4.69, 9.17) is 5.73 Å². The zero-order valence-corrected chi connectivity index (χ0v) is 14.8. The molecule has 0 aliphatic carbocycles. The predicted molar refractivity (Wildman–Crippen MR) is 101 cm³/mol. The summed E-state index contributed by atoms with van der Waals surface area (Å²) in [5.74, 6) is 0.860. The average molecular weight is 340 g/mol.